The van der Waals surface area contributed by atoms with Gasteiger partial charge in [-0.25, -0.2) is 14.6 Å². The lowest BCUT2D eigenvalue weighted by Crippen LogP contribution is -2.32. The van der Waals surface area contributed by atoms with Crippen molar-refractivity contribution >= 4 is 28.5 Å². The maximum Gasteiger partial charge on any atom is 0.183 e. The molecule has 4 aromatic rings. The summed E-state index contributed by atoms with van der Waals surface area (Å²) in [6.07, 6.45) is 13.4. The fourth-order valence-electron chi connectivity index (χ4n) is 7.51. The van der Waals surface area contributed by atoms with Gasteiger partial charge in [0.1, 0.15) is 0 Å². The van der Waals surface area contributed by atoms with Gasteiger partial charge in [0.25, 0.3) is 0 Å². The van der Waals surface area contributed by atoms with Crippen LogP contribution in [0.2, 0.25) is 0 Å². The molecule has 2 aliphatic heterocycles. The van der Waals surface area contributed by atoms with E-state index < -0.39 is 0 Å². The van der Waals surface area contributed by atoms with Crippen LogP contribution in [0.4, 0.5) is 11.5 Å². The third-order valence-corrected chi connectivity index (χ3v) is 9.67. The Morgan fingerprint density at radius 3 is 2.73 bits per heavy atom. The molecule has 204 valence electrons. The fraction of sp³-hybridized carbons (Fsp3) is 0.469. The zero-order chi connectivity index (χ0) is 26.7. The first-order chi connectivity index (χ1) is 19.7. The van der Waals surface area contributed by atoms with Crippen LogP contribution in [-0.4, -0.2) is 43.7 Å². The van der Waals surface area contributed by atoms with Crippen molar-refractivity contribution in [3.05, 3.63) is 71.3 Å². The van der Waals surface area contributed by atoms with Crippen LogP contribution in [0.15, 0.2) is 48.8 Å². The predicted molar refractivity (Wildman–Crippen MR) is 152 cm³/mol. The summed E-state index contributed by atoms with van der Waals surface area (Å²) in [4.78, 5) is 30.6. The van der Waals surface area contributed by atoms with Crippen molar-refractivity contribution in [1.29, 1.82) is 0 Å². The Morgan fingerprint density at radius 2 is 1.88 bits per heavy atom. The Bertz CT molecular complexity index is 1600. The van der Waals surface area contributed by atoms with Gasteiger partial charge >= 0.3 is 0 Å². The summed E-state index contributed by atoms with van der Waals surface area (Å²) in [6, 6.07) is 12.3. The van der Waals surface area contributed by atoms with Crippen molar-refractivity contribution in [3.8, 4) is 0 Å². The highest BCUT2D eigenvalue weighted by Crippen LogP contribution is 2.50. The molecule has 2 aliphatic carbocycles. The topological polar surface area (TPSA) is 86.0 Å². The number of ether oxygens (including phenoxy) is 1. The van der Waals surface area contributed by atoms with Crippen molar-refractivity contribution in [1.82, 2.24) is 24.7 Å². The minimum absolute atomic E-state index is 0.128. The largest absolute Gasteiger partial charge is 0.356 e. The van der Waals surface area contributed by atoms with E-state index in [2.05, 4.69) is 22.0 Å². The van der Waals surface area contributed by atoms with E-state index in [-0.39, 0.29) is 17.6 Å². The molecule has 1 spiro atoms. The highest BCUT2D eigenvalue weighted by molar-refractivity contribution is 6.05. The quantitative estimate of drug-likeness (QED) is 0.314. The predicted octanol–water partition coefficient (Wildman–Crippen LogP) is 6.09. The fourth-order valence-corrected chi connectivity index (χ4v) is 7.51. The summed E-state index contributed by atoms with van der Waals surface area (Å²) in [5, 5.41) is 5.13. The number of Topliss-reactive ketones (excluding diaryl/α,β-unsaturated/α-hetero) is 1. The molecule has 0 bridgehead atoms. The maximum absolute atomic E-state index is 13.4. The normalized spacial score (nSPS) is 26.3. The van der Waals surface area contributed by atoms with Gasteiger partial charge in [-0.15, -0.1) is 5.10 Å². The molecule has 0 N–H and O–H groups in total. The lowest BCUT2D eigenvalue weighted by Gasteiger charge is -2.35. The first-order valence-corrected chi connectivity index (χ1v) is 14.9. The van der Waals surface area contributed by atoms with Crippen molar-refractivity contribution in [2.45, 2.75) is 76.4 Å². The summed E-state index contributed by atoms with van der Waals surface area (Å²) < 4.78 is 8.19. The number of hydrogen-bond acceptors (Lipinski definition) is 7. The molecule has 2 fully saturated rings. The van der Waals surface area contributed by atoms with Gasteiger partial charge in [-0.2, -0.15) is 0 Å². The second kappa shape index (κ2) is 9.47. The molecule has 0 radical (unpaired) electrons. The third-order valence-electron chi connectivity index (χ3n) is 9.67. The van der Waals surface area contributed by atoms with Gasteiger partial charge < -0.3 is 9.64 Å². The lowest BCUT2D eigenvalue weighted by molar-refractivity contribution is -0.0369. The van der Waals surface area contributed by atoms with E-state index in [0.29, 0.717) is 5.78 Å². The van der Waals surface area contributed by atoms with Gasteiger partial charge in [0.2, 0.25) is 0 Å². The molecule has 0 amide bonds. The average Bonchev–Trinajstić information content (AvgIpc) is 3.52. The van der Waals surface area contributed by atoms with Crippen LogP contribution in [0.3, 0.4) is 0 Å². The minimum Gasteiger partial charge on any atom is -0.356 e. The van der Waals surface area contributed by atoms with E-state index in [1.165, 1.54) is 5.56 Å². The molecule has 4 aliphatic rings. The summed E-state index contributed by atoms with van der Waals surface area (Å²) in [5.74, 6) is 1.48. The molecule has 8 rings (SSSR count). The number of carbonyl (C=O) groups excluding carboxylic acids is 1. The molecule has 5 heterocycles. The monoisotopic (exact) mass is 534 g/mol. The standard InChI is InChI=1S/C32H34N6O2/c39-29-23-8-2-1-7-22(23)19-32(29)14-12-21(13-15-32)25-20-34-28-30(35-25)38(27-11-3-4-18-40-27)36-31(28)37-17-6-9-24-26(37)10-5-16-33-24/h1-2,5,7-8,10,16,20-21,27H,3-4,6,9,11-15,17-19H2. The van der Waals surface area contributed by atoms with Crippen LogP contribution < -0.4 is 4.90 Å². The van der Waals surface area contributed by atoms with Gasteiger partial charge in [-0.05, 0) is 81.9 Å². The number of hydrogen-bond donors (Lipinski definition) is 0. The molecule has 40 heavy (non-hydrogen) atoms. The van der Waals surface area contributed by atoms with Crippen molar-refractivity contribution in [2.24, 2.45) is 5.41 Å². The minimum atomic E-state index is -0.238. The molecule has 8 heteroatoms. The van der Waals surface area contributed by atoms with Gasteiger partial charge in [0.15, 0.2) is 29.0 Å². The Morgan fingerprint density at radius 1 is 0.975 bits per heavy atom. The second-order valence-corrected chi connectivity index (χ2v) is 12.0. The van der Waals surface area contributed by atoms with Crippen molar-refractivity contribution in [3.63, 3.8) is 0 Å². The Hall–Kier alpha value is -3.65. The summed E-state index contributed by atoms with van der Waals surface area (Å²) in [7, 11) is 0. The third kappa shape index (κ3) is 3.79. The molecular formula is C32H34N6O2. The molecule has 1 unspecified atom stereocenters. The first-order valence-electron chi connectivity index (χ1n) is 14.9. The van der Waals surface area contributed by atoms with E-state index in [1.807, 2.05) is 41.3 Å². The number of anilines is 2. The van der Waals surface area contributed by atoms with Crippen LogP contribution in [0.1, 0.15) is 90.8 Å². The average molecular weight is 535 g/mol. The zero-order valence-corrected chi connectivity index (χ0v) is 22.8. The second-order valence-electron chi connectivity index (χ2n) is 12.0. The number of aryl methyl sites for hydroxylation is 1. The van der Waals surface area contributed by atoms with Gasteiger partial charge in [-0.1, -0.05) is 24.3 Å². The highest BCUT2D eigenvalue weighted by Gasteiger charge is 2.47. The van der Waals surface area contributed by atoms with Gasteiger partial charge in [-0.3, -0.25) is 9.78 Å². The molecule has 8 nitrogen and oxygen atoms in total. The van der Waals surface area contributed by atoms with Gasteiger partial charge in [0.05, 0.1) is 17.1 Å². The number of aromatic nitrogens is 5. The smallest absolute Gasteiger partial charge is 0.183 e. The van der Waals surface area contributed by atoms with Gasteiger partial charge in [0, 0.05) is 42.4 Å². The number of pyridine rings is 1. The van der Waals surface area contributed by atoms with Crippen LogP contribution >= 0.6 is 0 Å². The van der Waals surface area contributed by atoms with Crippen LogP contribution in [-0.2, 0) is 17.6 Å². The van der Waals surface area contributed by atoms with Crippen molar-refractivity contribution < 1.29 is 9.53 Å². The maximum atomic E-state index is 13.4. The summed E-state index contributed by atoms with van der Waals surface area (Å²) in [6.45, 7) is 1.62. The van der Waals surface area contributed by atoms with E-state index in [0.717, 1.165) is 117 Å². The molecule has 3 aromatic heterocycles. The Kier molecular flexibility index (Phi) is 5.73. The van der Waals surface area contributed by atoms with Crippen LogP contribution in [0.25, 0.3) is 11.2 Å². The van der Waals surface area contributed by atoms with E-state index >= 15 is 0 Å². The van der Waals surface area contributed by atoms with E-state index in [9.17, 15) is 4.79 Å². The van der Waals surface area contributed by atoms with E-state index in [4.69, 9.17) is 19.8 Å². The summed E-state index contributed by atoms with van der Waals surface area (Å²) >= 11 is 0. The number of fused-ring (bicyclic) bond motifs is 3. The SMILES string of the molecule is O=C1c2ccccc2CC12CCC(c1cnc3c(N4CCCc5ncccc54)nn(C4CCCCO4)c3n1)CC2. The van der Waals surface area contributed by atoms with Crippen LogP contribution in [0.5, 0.6) is 0 Å². The van der Waals surface area contributed by atoms with E-state index in [1.54, 1.807) is 0 Å². The zero-order valence-electron chi connectivity index (χ0n) is 22.8. The summed E-state index contributed by atoms with van der Waals surface area (Å²) in [5.41, 5.74) is 6.76. The number of nitrogens with zero attached hydrogens (tertiary/aromatic N) is 6. The number of rotatable bonds is 3. The molecule has 1 aromatic carbocycles. The molecule has 1 saturated carbocycles. The highest BCUT2D eigenvalue weighted by atomic mass is 16.5. The Balaban J connectivity index is 1.13. The Labute approximate surface area is 233 Å². The molecule has 1 atom stereocenters. The number of benzene rings is 1. The molecule has 1 saturated heterocycles. The molecular weight excluding hydrogens is 500 g/mol. The van der Waals surface area contributed by atoms with Crippen LogP contribution in [0, 0.1) is 5.41 Å². The first kappa shape index (κ1) is 24.2. The number of ketones is 1. The van der Waals surface area contributed by atoms with Crippen molar-refractivity contribution in [2.75, 3.05) is 18.1 Å². The number of carbonyl (C=O) groups is 1. The lowest BCUT2D eigenvalue weighted by atomic mass is 9.67.